The van der Waals surface area contributed by atoms with Crippen LogP contribution in [0.25, 0.3) is 0 Å². The van der Waals surface area contributed by atoms with Gasteiger partial charge in [0.25, 0.3) is 0 Å². The van der Waals surface area contributed by atoms with Crippen molar-refractivity contribution in [2.45, 2.75) is 10.8 Å². The van der Waals surface area contributed by atoms with E-state index < -0.39 is 0 Å². The van der Waals surface area contributed by atoms with Crippen molar-refractivity contribution in [3.63, 3.8) is 0 Å². The molecule has 1 heterocycles. The van der Waals surface area contributed by atoms with Gasteiger partial charge >= 0.3 is 0 Å². The Morgan fingerprint density at radius 3 is 2.71 bits per heavy atom. The summed E-state index contributed by atoms with van der Waals surface area (Å²) >= 11 is 7.35. The lowest BCUT2D eigenvalue weighted by atomic mass is 10.3. The number of thioether (sulfide) groups is 1. The highest BCUT2D eigenvalue weighted by molar-refractivity contribution is 7.98. The Balaban J connectivity index is 2.19. The van der Waals surface area contributed by atoms with Crippen molar-refractivity contribution in [1.82, 2.24) is 4.98 Å². The summed E-state index contributed by atoms with van der Waals surface area (Å²) in [6.07, 6.45) is 3.75. The van der Waals surface area contributed by atoms with Crippen LogP contribution in [0.1, 0.15) is 5.56 Å². The van der Waals surface area contributed by atoms with Crippen molar-refractivity contribution in [2.75, 3.05) is 6.26 Å². The monoisotopic (exact) mass is 265 g/mol. The lowest BCUT2D eigenvalue weighted by molar-refractivity contribution is 0.452. The topological polar surface area (TPSA) is 22.1 Å². The van der Waals surface area contributed by atoms with Gasteiger partial charge in [0.05, 0.1) is 0 Å². The molecule has 2 nitrogen and oxygen atoms in total. The minimum absolute atomic E-state index is 0.467. The third kappa shape index (κ3) is 3.14. The van der Waals surface area contributed by atoms with Gasteiger partial charge in [-0.2, -0.15) is 0 Å². The minimum atomic E-state index is 0.467. The Bertz CT molecular complexity index is 487. The van der Waals surface area contributed by atoms with Crippen LogP contribution in [0, 0.1) is 0 Å². The number of nitrogens with zero attached hydrogens (tertiary/aromatic N) is 1. The van der Waals surface area contributed by atoms with Gasteiger partial charge in [-0.3, -0.25) is 0 Å². The van der Waals surface area contributed by atoms with Gasteiger partial charge in [-0.15, -0.1) is 23.4 Å². The Morgan fingerprint density at radius 1 is 1.24 bits per heavy atom. The van der Waals surface area contributed by atoms with Crippen LogP contribution in [0.15, 0.2) is 47.5 Å². The fourth-order valence-electron chi connectivity index (χ4n) is 1.37. The Hall–Kier alpha value is -1.19. The molecular weight excluding hydrogens is 254 g/mol. The average Bonchev–Trinajstić information content (AvgIpc) is 2.40. The van der Waals surface area contributed by atoms with Crippen LogP contribution < -0.4 is 4.74 Å². The van der Waals surface area contributed by atoms with Crippen LogP contribution in [0.5, 0.6) is 11.6 Å². The molecule has 0 aliphatic carbocycles. The third-order valence-corrected chi connectivity index (χ3v) is 3.32. The summed E-state index contributed by atoms with van der Waals surface area (Å²) in [4.78, 5) is 5.30. The molecule has 4 heteroatoms. The molecule has 0 saturated carbocycles. The molecule has 0 spiro atoms. The molecule has 1 aromatic heterocycles. The molecule has 0 radical (unpaired) electrons. The molecule has 17 heavy (non-hydrogen) atoms. The van der Waals surface area contributed by atoms with E-state index in [-0.39, 0.29) is 0 Å². The summed E-state index contributed by atoms with van der Waals surface area (Å²) in [7, 11) is 0. The van der Waals surface area contributed by atoms with Crippen molar-refractivity contribution in [2.24, 2.45) is 0 Å². The van der Waals surface area contributed by atoms with Gasteiger partial charge in [-0.25, -0.2) is 4.98 Å². The second kappa shape index (κ2) is 5.94. The van der Waals surface area contributed by atoms with Gasteiger partial charge in [-0.05, 0) is 24.0 Å². The molecule has 0 saturated heterocycles. The Morgan fingerprint density at radius 2 is 2.06 bits per heavy atom. The number of hydrogen-bond donors (Lipinski definition) is 0. The van der Waals surface area contributed by atoms with Crippen LogP contribution in [0.2, 0.25) is 0 Å². The molecule has 0 bridgehead atoms. The smallest absolute Gasteiger partial charge is 0.219 e. The number of para-hydroxylation sites is 1. The highest BCUT2D eigenvalue weighted by Crippen LogP contribution is 2.30. The zero-order chi connectivity index (χ0) is 12.1. The summed E-state index contributed by atoms with van der Waals surface area (Å²) in [5.74, 6) is 1.88. The molecule has 0 unspecified atom stereocenters. The van der Waals surface area contributed by atoms with E-state index in [0.29, 0.717) is 11.8 Å². The fourth-order valence-corrected chi connectivity index (χ4v) is 2.05. The van der Waals surface area contributed by atoms with Crippen molar-refractivity contribution in [1.29, 1.82) is 0 Å². The molecule has 0 N–H and O–H groups in total. The van der Waals surface area contributed by atoms with E-state index >= 15 is 0 Å². The maximum absolute atomic E-state index is 5.72. The molecule has 1 aromatic carbocycles. The first kappa shape index (κ1) is 12.3. The number of benzene rings is 1. The van der Waals surface area contributed by atoms with Gasteiger partial charge in [0.1, 0.15) is 5.75 Å². The second-order valence-electron chi connectivity index (χ2n) is 3.39. The second-order valence-corrected chi connectivity index (χ2v) is 4.51. The summed E-state index contributed by atoms with van der Waals surface area (Å²) in [6.45, 7) is 0. The maximum Gasteiger partial charge on any atom is 0.219 e. The van der Waals surface area contributed by atoms with E-state index in [4.69, 9.17) is 16.3 Å². The molecule has 0 amide bonds. The van der Waals surface area contributed by atoms with E-state index in [0.717, 1.165) is 16.2 Å². The van der Waals surface area contributed by atoms with Crippen LogP contribution >= 0.6 is 23.4 Å². The first-order valence-corrected chi connectivity index (χ1v) is 6.91. The highest BCUT2D eigenvalue weighted by atomic mass is 35.5. The fraction of sp³-hybridized carbons (Fsp3) is 0.154. The van der Waals surface area contributed by atoms with Crippen LogP contribution in [0.4, 0.5) is 0 Å². The highest BCUT2D eigenvalue weighted by Gasteiger charge is 2.03. The lowest BCUT2D eigenvalue weighted by Gasteiger charge is -2.08. The molecule has 2 rings (SSSR count). The third-order valence-electron chi connectivity index (χ3n) is 2.24. The van der Waals surface area contributed by atoms with E-state index in [9.17, 15) is 0 Å². The number of pyridine rings is 1. The molecule has 0 aliphatic rings. The van der Waals surface area contributed by atoms with Gasteiger partial charge in [0.15, 0.2) is 0 Å². The Kier molecular flexibility index (Phi) is 4.29. The van der Waals surface area contributed by atoms with Gasteiger partial charge in [0, 0.05) is 23.0 Å². The normalized spacial score (nSPS) is 10.2. The zero-order valence-corrected chi connectivity index (χ0v) is 11.0. The molecule has 88 valence electrons. The number of ether oxygens (including phenoxy) is 1. The van der Waals surface area contributed by atoms with Crippen LogP contribution in [0.3, 0.4) is 0 Å². The number of halogens is 1. The lowest BCUT2D eigenvalue weighted by Crippen LogP contribution is -1.90. The average molecular weight is 266 g/mol. The van der Waals surface area contributed by atoms with Crippen molar-refractivity contribution < 1.29 is 4.74 Å². The minimum Gasteiger partial charge on any atom is -0.438 e. The summed E-state index contributed by atoms with van der Waals surface area (Å²) < 4.78 is 5.72. The van der Waals surface area contributed by atoms with Gasteiger partial charge in [0.2, 0.25) is 5.88 Å². The quantitative estimate of drug-likeness (QED) is 0.607. The molecule has 2 aromatic rings. The molecular formula is C13H12ClNOS. The predicted octanol–water partition coefficient (Wildman–Crippen LogP) is 4.33. The molecule has 0 atom stereocenters. The summed E-state index contributed by atoms with van der Waals surface area (Å²) in [5.41, 5.74) is 0.983. The van der Waals surface area contributed by atoms with E-state index in [2.05, 4.69) is 4.98 Å². The van der Waals surface area contributed by atoms with Crippen LogP contribution in [-0.4, -0.2) is 11.2 Å². The predicted molar refractivity (Wildman–Crippen MR) is 72.1 cm³/mol. The van der Waals surface area contributed by atoms with E-state index in [1.807, 2.05) is 42.7 Å². The maximum atomic E-state index is 5.72. The van der Waals surface area contributed by atoms with Gasteiger partial charge < -0.3 is 4.74 Å². The van der Waals surface area contributed by atoms with Gasteiger partial charge in [-0.1, -0.05) is 18.2 Å². The van der Waals surface area contributed by atoms with E-state index in [1.165, 1.54) is 0 Å². The van der Waals surface area contributed by atoms with Crippen molar-refractivity contribution in [3.05, 3.63) is 48.2 Å². The first-order valence-electron chi connectivity index (χ1n) is 5.15. The first-order chi connectivity index (χ1) is 8.33. The SMILES string of the molecule is CSc1ccccc1Oc1ccc(CCl)cn1. The van der Waals surface area contributed by atoms with E-state index in [1.54, 1.807) is 18.0 Å². The Labute approximate surface area is 110 Å². The number of rotatable bonds is 4. The van der Waals surface area contributed by atoms with Crippen molar-refractivity contribution >= 4 is 23.4 Å². The summed E-state index contributed by atoms with van der Waals surface area (Å²) in [6, 6.07) is 11.6. The van der Waals surface area contributed by atoms with Crippen molar-refractivity contribution in [3.8, 4) is 11.6 Å². The largest absolute Gasteiger partial charge is 0.438 e. The van der Waals surface area contributed by atoms with Crippen LogP contribution in [-0.2, 0) is 5.88 Å². The standard InChI is InChI=1S/C13H12ClNOS/c1-17-12-5-3-2-4-11(12)16-13-7-6-10(8-14)9-15-13/h2-7,9H,8H2,1H3. The molecule has 0 fully saturated rings. The number of hydrogen-bond acceptors (Lipinski definition) is 3. The number of aromatic nitrogens is 1. The number of alkyl halides is 1. The zero-order valence-electron chi connectivity index (χ0n) is 9.39. The summed E-state index contributed by atoms with van der Waals surface area (Å²) in [5, 5.41) is 0. The molecule has 0 aliphatic heterocycles.